The lowest BCUT2D eigenvalue weighted by Crippen LogP contribution is -2.06. The smallest absolute Gasteiger partial charge is 0.148 e. The fourth-order valence-corrected chi connectivity index (χ4v) is 4.03. The quantitative estimate of drug-likeness (QED) is 0.556. The minimum atomic E-state index is 0.0226. The van der Waals surface area contributed by atoms with E-state index in [0.717, 1.165) is 34.0 Å². The highest BCUT2D eigenvalue weighted by atomic mass is 32.1. The maximum absolute atomic E-state index is 9.45. The second kappa shape index (κ2) is 8.32. The van der Waals surface area contributed by atoms with E-state index in [9.17, 15) is 5.26 Å². The van der Waals surface area contributed by atoms with Gasteiger partial charge in [0.15, 0.2) is 0 Å². The number of nitrogens with zero attached hydrogens (tertiary/aromatic N) is 3. The average Bonchev–Trinajstić information content (AvgIpc) is 3.17. The van der Waals surface area contributed by atoms with Crippen LogP contribution >= 0.6 is 11.3 Å². The minimum absolute atomic E-state index is 0.0226. The Balaban J connectivity index is 1.99. The maximum atomic E-state index is 9.45. The van der Waals surface area contributed by atoms with E-state index in [4.69, 9.17) is 4.74 Å². The minimum Gasteiger partial charge on any atom is -0.490 e. The van der Waals surface area contributed by atoms with Crippen molar-refractivity contribution in [2.45, 2.75) is 46.6 Å². The summed E-state index contributed by atoms with van der Waals surface area (Å²) in [5.41, 5.74) is 5.24. The molecule has 138 valence electrons. The Morgan fingerprint density at radius 3 is 2.52 bits per heavy atom. The topological polar surface area (TPSA) is 58.8 Å². The maximum Gasteiger partial charge on any atom is 0.148 e. The van der Waals surface area contributed by atoms with Gasteiger partial charge in [0, 0.05) is 11.1 Å². The van der Waals surface area contributed by atoms with E-state index in [2.05, 4.69) is 48.3 Å². The summed E-state index contributed by atoms with van der Waals surface area (Å²) in [6.45, 7) is 8.24. The van der Waals surface area contributed by atoms with E-state index in [0.29, 0.717) is 11.3 Å². The molecule has 27 heavy (non-hydrogen) atoms. The molecule has 0 radical (unpaired) electrons. The van der Waals surface area contributed by atoms with Crippen molar-refractivity contribution in [3.05, 3.63) is 53.1 Å². The molecule has 0 N–H and O–H groups in total. The normalized spacial score (nSPS) is 10.8. The van der Waals surface area contributed by atoms with Crippen LogP contribution in [0.3, 0.4) is 0 Å². The summed E-state index contributed by atoms with van der Waals surface area (Å²) in [5, 5.41) is 20.0. The van der Waals surface area contributed by atoms with Gasteiger partial charge in [0.2, 0.25) is 0 Å². The van der Waals surface area contributed by atoms with Crippen molar-refractivity contribution < 1.29 is 4.74 Å². The third kappa shape index (κ3) is 4.01. The molecule has 3 rings (SSSR count). The number of aromatic nitrogens is 2. The molecule has 5 heteroatoms. The van der Waals surface area contributed by atoms with Gasteiger partial charge < -0.3 is 4.74 Å². The Labute approximate surface area is 164 Å². The molecular formula is C22H23N3OS. The summed E-state index contributed by atoms with van der Waals surface area (Å²) in [7, 11) is 0. The second-order valence-electron chi connectivity index (χ2n) is 6.55. The number of ether oxygens (including phenoxy) is 1. The molecule has 0 spiro atoms. The SMILES string of the molecule is CCc1cccc(-c2nnc(-c3ccc(OC(C)C)c(C#N)c3)s2)c1CC. The van der Waals surface area contributed by atoms with Crippen LogP contribution in [-0.4, -0.2) is 16.3 Å². The van der Waals surface area contributed by atoms with Crippen molar-refractivity contribution in [1.29, 1.82) is 5.26 Å². The summed E-state index contributed by atoms with van der Waals surface area (Å²) >= 11 is 1.55. The van der Waals surface area contributed by atoms with Gasteiger partial charge in [0.05, 0.1) is 11.7 Å². The van der Waals surface area contributed by atoms with Gasteiger partial charge in [-0.2, -0.15) is 5.26 Å². The van der Waals surface area contributed by atoms with Crippen molar-refractivity contribution in [2.24, 2.45) is 0 Å². The van der Waals surface area contributed by atoms with Crippen molar-refractivity contribution in [1.82, 2.24) is 10.2 Å². The lowest BCUT2D eigenvalue weighted by Gasteiger charge is -2.11. The number of hydrogen-bond donors (Lipinski definition) is 0. The van der Waals surface area contributed by atoms with Gasteiger partial charge in [-0.05, 0) is 56.0 Å². The highest BCUT2D eigenvalue weighted by molar-refractivity contribution is 7.17. The molecule has 0 aliphatic carbocycles. The zero-order valence-corrected chi connectivity index (χ0v) is 16.9. The third-order valence-corrected chi connectivity index (χ3v) is 5.38. The largest absolute Gasteiger partial charge is 0.490 e. The summed E-state index contributed by atoms with van der Waals surface area (Å²) in [6, 6.07) is 14.2. The molecule has 0 saturated heterocycles. The first-order valence-electron chi connectivity index (χ1n) is 9.23. The first-order chi connectivity index (χ1) is 13.1. The van der Waals surface area contributed by atoms with Gasteiger partial charge >= 0.3 is 0 Å². The number of rotatable bonds is 6. The van der Waals surface area contributed by atoms with Crippen LogP contribution in [0.5, 0.6) is 5.75 Å². The fourth-order valence-electron chi connectivity index (χ4n) is 3.14. The summed E-state index contributed by atoms with van der Waals surface area (Å²) < 4.78 is 5.70. The molecule has 2 aromatic carbocycles. The average molecular weight is 378 g/mol. The molecule has 3 aromatic rings. The fraction of sp³-hybridized carbons (Fsp3) is 0.318. The van der Waals surface area contributed by atoms with Crippen LogP contribution < -0.4 is 4.74 Å². The van der Waals surface area contributed by atoms with Crippen LogP contribution in [0.2, 0.25) is 0 Å². The van der Waals surface area contributed by atoms with Crippen molar-refractivity contribution in [3.8, 4) is 33.0 Å². The molecule has 4 nitrogen and oxygen atoms in total. The zero-order valence-electron chi connectivity index (χ0n) is 16.1. The molecule has 0 atom stereocenters. The lowest BCUT2D eigenvalue weighted by molar-refractivity contribution is 0.242. The Kier molecular flexibility index (Phi) is 5.88. The molecule has 1 aromatic heterocycles. The molecule has 0 amide bonds. The Morgan fingerprint density at radius 1 is 1.07 bits per heavy atom. The van der Waals surface area contributed by atoms with E-state index < -0.39 is 0 Å². The highest BCUT2D eigenvalue weighted by Gasteiger charge is 2.15. The van der Waals surface area contributed by atoms with Gasteiger partial charge in [-0.25, -0.2) is 0 Å². The molecule has 0 bridgehead atoms. The number of aryl methyl sites for hydroxylation is 1. The van der Waals surface area contributed by atoms with Gasteiger partial charge in [-0.3, -0.25) is 0 Å². The predicted molar refractivity (Wildman–Crippen MR) is 110 cm³/mol. The van der Waals surface area contributed by atoms with Gasteiger partial charge in [-0.1, -0.05) is 43.4 Å². The standard InChI is InChI=1S/C22H23N3OS/c1-5-15-8-7-9-19(18(15)6-2)22-25-24-21(27-22)16-10-11-20(26-14(3)4)17(12-16)13-23/h7-12,14H,5-6H2,1-4H3. The lowest BCUT2D eigenvalue weighted by atomic mass is 9.97. The van der Waals surface area contributed by atoms with Gasteiger partial charge in [0.1, 0.15) is 21.8 Å². The van der Waals surface area contributed by atoms with Crippen LogP contribution in [0.25, 0.3) is 21.1 Å². The van der Waals surface area contributed by atoms with E-state index in [-0.39, 0.29) is 6.10 Å². The van der Waals surface area contributed by atoms with Crippen LogP contribution in [0, 0.1) is 11.3 Å². The molecule has 0 aliphatic rings. The second-order valence-corrected chi connectivity index (χ2v) is 7.53. The molecule has 0 aliphatic heterocycles. The third-order valence-electron chi connectivity index (χ3n) is 4.37. The Bertz CT molecular complexity index is 985. The van der Waals surface area contributed by atoms with Crippen molar-refractivity contribution >= 4 is 11.3 Å². The zero-order chi connectivity index (χ0) is 19.4. The van der Waals surface area contributed by atoms with E-state index in [1.54, 1.807) is 11.3 Å². The molecule has 0 unspecified atom stereocenters. The molecule has 1 heterocycles. The van der Waals surface area contributed by atoms with Gasteiger partial charge in [0.25, 0.3) is 0 Å². The number of benzene rings is 2. The number of hydrogen-bond acceptors (Lipinski definition) is 5. The van der Waals surface area contributed by atoms with E-state index in [1.165, 1.54) is 11.1 Å². The van der Waals surface area contributed by atoms with Crippen LogP contribution in [0.4, 0.5) is 0 Å². The molecule has 0 fully saturated rings. The van der Waals surface area contributed by atoms with Crippen molar-refractivity contribution in [3.63, 3.8) is 0 Å². The van der Waals surface area contributed by atoms with Crippen LogP contribution in [0.15, 0.2) is 36.4 Å². The Morgan fingerprint density at radius 2 is 1.85 bits per heavy atom. The Hall–Kier alpha value is -2.71. The van der Waals surface area contributed by atoms with Crippen molar-refractivity contribution in [2.75, 3.05) is 0 Å². The summed E-state index contributed by atoms with van der Waals surface area (Å²) in [6.07, 6.45) is 1.99. The van der Waals surface area contributed by atoms with Crippen LogP contribution in [-0.2, 0) is 12.8 Å². The summed E-state index contributed by atoms with van der Waals surface area (Å²) in [4.78, 5) is 0. The molecular weight excluding hydrogens is 354 g/mol. The number of nitriles is 1. The van der Waals surface area contributed by atoms with E-state index in [1.807, 2.05) is 32.0 Å². The highest BCUT2D eigenvalue weighted by Crippen LogP contribution is 2.35. The first kappa shape index (κ1) is 19.1. The van der Waals surface area contributed by atoms with Gasteiger partial charge in [-0.15, -0.1) is 10.2 Å². The first-order valence-corrected chi connectivity index (χ1v) is 10.0. The summed E-state index contributed by atoms with van der Waals surface area (Å²) in [5.74, 6) is 0.602. The van der Waals surface area contributed by atoms with E-state index >= 15 is 0 Å². The predicted octanol–water partition coefficient (Wildman–Crippen LogP) is 5.66. The van der Waals surface area contributed by atoms with Crippen LogP contribution in [0.1, 0.15) is 44.4 Å². The molecule has 0 saturated carbocycles. The monoisotopic (exact) mass is 377 g/mol.